The van der Waals surface area contributed by atoms with Gasteiger partial charge in [-0.05, 0) is 108 Å². The Kier molecular flexibility index (Phi) is 13.9. The summed E-state index contributed by atoms with van der Waals surface area (Å²) in [7, 11) is 0. The van der Waals surface area contributed by atoms with Gasteiger partial charge in [-0.15, -0.1) is 0 Å². The maximum Gasteiger partial charge on any atom is 0.164 e. The Labute approximate surface area is 567 Å². The molecule has 0 spiro atoms. The van der Waals surface area contributed by atoms with Crippen molar-refractivity contribution in [1.82, 2.24) is 28.7 Å². The quantitative estimate of drug-likeness (QED) is 0.128. The summed E-state index contributed by atoms with van der Waals surface area (Å²) in [5.41, 5.74) is 16.3. The lowest BCUT2D eigenvalue weighted by Gasteiger charge is -2.24. The van der Waals surface area contributed by atoms with Gasteiger partial charge in [0.15, 0.2) is 17.5 Å². The van der Waals surface area contributed by atoms with Crippen molar-refractivity contribution < 1.29 is 0 Å². The number of para-hydroxylation sites is 6. The van der Waals surface area contributed by atoms with Crippen molar-refractivity contribution in [2.45, 2.75) is 0 Å². The summed E-state index contributed by atoms with van der Waals surface area (Å²) in [5.74, 6) is 1.39. The van der Waals surface area contributed by atoms with E-state index in [1.807, 2.05) is 97.1 Å². The normalized spacial score (nSPS) is 11.2. The van der Waals surface area contributed by atoms with Crippen molar-refractivity contribution in [3.63, 3.8) is 0 Å². The lowest BCUT2D eigenvalue weighted by Crippen LogP contribution is -2.07. The first kappa shape index (κ1) is 58.1. The van der Waals surface area contributed by atoms with Gasteiger partial charge in [0, 0.05) is 82.4 Å². The molecular formula is C87H46N12. The smallest absolute Gasteiger partial charge is 0.164 e. The van der Waals surface area contributed by atoms with E-state index in [9.17, 15) is 31.6 Å². The maximum absolute atomic E-state index is 10.8. The van der Waals surface area contributed by atoms with Gasteiger partial charge in [0.25, 0.3) is 0 Å². The summed E-state index contributed by atoms with van der Waals surface area (Å²) in [6.07, 6.45) is 0. The zero-order valence-corrected chi connectivity index (χ0v) is 52.4. The molecule has 99 heavy (non-hydrogen) atoms. The van der Waals surface area contributed by atoms with E-state index in [1.165, 1.54) is 24.3 Å². The van der Waals surface area contributed by atoms with Crippen LogP contribution in [0.15, 0.2) is 279 Å². The fraction of sp³-hybridized carbons (Fsp3) is 0. The molecule has 0 saturated heterocycles. The monoisotopic (exact) mass is 1260 g/mol. The Hall–Kier alpha value is -14.8. The van der Waals surface area contributed by atoms with E-state index in [-0.39, 0.29) is 33.4 Å². The molecule has 12 nitrogen and oxygen atoms in total. The first-order valence-electron chi connectivity index (χ1n) is 31.9. The van der Waals surface area contributed by atoms with E-state index in [2.05, 4.69) is 208 Å². The van der Waals surface area contributed by atoms with Crippen molar-refractivity contribution in [2.24, 2.45) is 0 Å². The van der Waals surface area contributed by atoms with Crippen LogP contribution < -0.4 is 0 Å². The number of nitriles is 6. The van der Waals surface area contributed by atoms with Crippen LogP contribution in [0.1, 0.15) is 33.4 Å². The lowest BCUT2D eigenvalue weighted by molar-refractivity contribution is 1.07. The average Bonchev–Trinajstić information content (AvgIpc) is 1.63. The van der Waals surface area contributed by atoms with Crippen LogP contribution in [0.25, 0.3) is 161 Å². The number of nitrogens with zero attached hydrogens (tertiary/aromatic N) is 12. The minimum absolute atomic E-state index is 0.150. The van der Waals surface area contributed by atoms with Crippen molar-refractivity contribution in [2.75, 3.05) is 0 Å². The van der Waals surface area contributed by atoms with Gasteiger partial charge >= 0.3 is 0 Å². The zero-order valence-electron chi connectivity index (χ0n) is 52.4. The van der Waals surface area contributed by atoms with Gasteiger partial charge in [-0.3, -0.25) is 0 Å². The summed E-state index contributed by atoms with van der Waals surface area (Å²) in [6.45, 7) is 0. The molecule has 0 saturated carbocycles. The standard InChI is InChI=1S/C87H46N12/c88-47-53-39-60(49-90)82(61(40-53)50-91)57-35-37-80-70(43-57)71-44-58(83-62(51-92)41-54(48-89)42-63(83)52-93)36-38-81(71)99(80)84-72(68-27-11-17-33-78(68)97-74-29-13-7-23-64(74)65-24-8-14-30-75(65)97)45-59(87-95-85(55-19-3-1-4-20-55)94-86(96-87)56-21-5-2-6-22-56)46-73(84)69-28-12-18-34-79(69)98-76-31-15-9-25-66(76)67-26-10-16-32-77(67)98/h1-46H. The fourth-order valence-corrected chi connectivity index (χ4v) is 14.5. The summed E-state index contributed by atoms with van der Waals surface area (Å²) in [4.78, 5) is 16.1. The van der Waals surface area contributed by atoms with Crippen LogP contribution in [-0.4, -0.2) is 28.7 Å². The van der Waals surface area contributed by atoms with E-state index >= 15 is 0 Å². The van der Waals surface area contributed by atoms with E-state index in [0.29, 0.717) is 67.1 Å². The Bertz CT molecular complexity index is 6000. The highest BCUT2D eigenvalue weighted by Gasteiger charge is 2.29. The predicted molar refractivity (Wildman–Crippen MR) is 389 cm³/mol. The van der Waals surface area contributed by atoms with Gasteiger partial charge in [-0.1, -0.05) is 182 Å². The molecule has 0 atom stereocenters. The highest BCUT2D eigenvalue weighted by Crippen LogP contribution is 2.50. The number of aromatic nitrogens is 6. The van der Waals surface area contributed by atoms with Crippen molar-refractivity contribution in [1.29, 1.82) is 31.6 Å². The number of hydrogen-bond donors (Lipinski definition) is 0. The molecule has 0 fully saturated rings. The van der Waals surface area contributed by atoms with Crippen LogP contribution in [0.3, 0.4) is 0 Å². The molecular weight excluding hydrogens is 1210 g/mol. The minimum atomic E-state index is 0.150. The first-order chi connectivity index (χ1) is 48.8. The van der Waals surface area contributed by atoms with Crippen LogP contribution in [0, 0.1) is 68.0 Å². The molecule has 0 bridgehead atoms. The second-order valence-electron chi connectivity index (χ2n) is 24.1. The zero-order chi connectivity index (χ0) is 66.8. The summed E-state index contributed by atoms with van der Waals surface area (Å²) < 4.78 is 6.95. The SMILES string of the molecule is N#Cc1cc(C#N)c(-c2ccc3c(c2)c2cc(-c4c(C#N)cc(C#N)cc4C#N)ccc2n3-c2c(-c3ccccc3-n3c4ccccc4c4ccccc43)cc(-c3nc(-c4ccccc4)nc(-c4ccccc4)n3)cc2-c2ccccc2-n2c3ccccc3c3ccccc32)c(C#N)c1. The molecule has 4 aromatic heterocycles. The highest BCUT2D eigenvalue weighted by atomic mass is 15.0. The molecule has 0 unspecified atom stereocenters. The van der Waals surface area contributed by atoms with Crippen LogP contribution in [0.5, 0.6) is 0 Å². The van der Waals surface area contributed by atoms with Crippen LogP contribution in [0.4, 0.5) is 0 Å². The van der Waals surface area contributed by atoms with Crippen LogP contribution >= 0.6 is 0 Å². The Morgan fingerprint density at radius 2 is 0.545 bits per heavy atom. The Morgan fingerprint density at radius 1 is 0.232 bits per heavy atom. The molecule has 4 heterocycles. The molecule has 0 aliphatic carbocycles. The second-order valence-corrected chi connectivity index (χ2v) is 24.1. The Morgan fingerprint density at radius 3 is 0.899 bits per heavy atom. The van der Waals surface area contributed by atoms with E-state index < -0.39 is 0 Å². The largest absolute Gasteiger partial charge is 0.309 e. The third-order valence-corrected chi connectivity index (χ3v) is 18.7. The van der Waals surface area contributed by atoms with E-state index in [4.69, 9.17) is 15.0 Å². The molecule has 13 aromatic carbocycles. The molecule has 0 radical (unpaired) electrons. The minimum Gasteiger partial charge on any atom is -0.309 e. The van der Waals surface area contributed by atoms with Gasteiger partial charge in [0.1, 0.15) is 0 Å². The molecule has 17 rings (SSSR count). The molecule has 17 aromatic rings. The molecule has 0 amide bonds. The molecule has 454 valence electrons. The number of benzene rings is 13. The number of rotatable bonds is 10. The van der Waals surface area contributed by atoms with E-state index in [1.54, 1.807) is 0 Å². The fourth-order valence-electron chi connectivity index (χ4n) is 14.5. The van der Waals surface area contributed by atoms with Crippen molar-refractivity contribution in [3.05, 3.63) is 312 Å². The highest BCUT2D eigenvalue weighted by molar-refractivity contribution is 6.15. The average molecular weight is 1260 g/mol. The third kappa shape index (κ3) is 9.43. The molecule has 0 aliphatic heterocycles. The predicted octanol–water partition coefficient (Wildman–Crippen LogP) is 20.1. The second kappa shape index (κ2) is 23.6. The Balaban J connectivity index is 1.08. The van der Waals surface area contributed by atoms with E-state index in [0.717, 1.165) is 94.1 Å². The summed E-state index contributed by atoms with van der Waals surface area (Å²) in [5, 5.41) is 69.3. The van der Waals surface area contributed by atoms with Crippen LogP contribution in [0.2, 0.25) is 0 Å². The number of fused-ring (bicyclic) bond motifs is 9. The van der Waals surface area contributed by atoms with Gasteiger partial charge in [-0.2, -0.15) is 31.6 Å². The van der Waals surface area contributed by atoms with Crippen LogP contribution in [-0.2, 0) is 0 Å². The first-order valence-corrected chi connectivity index (χ1v) is 31.9. The van der Waals surface area contributed by atoms with Crippen molar-refractivity contribution >= 4 is 65.4 Å². The van der Waals surface area contributed by atoms with Gasteiger partial charge in [-0.25, -0.2) is 15.0 Å². The summed E-state index contributed by atoms with van der Waals surface area (Å²) in [6, 6.07) is 106. The topological polar surface area (TPSA) is 196 Å². The van der Waals surface area contributed by atoms with Gasteiger partial charge < -0.3 is 13.7 Å². The molecule has 0 aliphatic rings. The number of hydrogen-bond acceptors (Lipinski definition) is 9. The third-order valence-electron chi connectivity index (χ3n) is 18.7. The lowest BCUT2D eigenvalue weighted by atomic mass is 9.90. The molecule has 12 heteroatoms. The van der Waals surface area contributed by atoms with Crippen molar-refractivity contribution in [3.8, 4) is 132 Å². The maximum atomic E-state index is 10.8. The molecule has 0 N–H and O–H groups in total. The van der Waals surface area contributed by atoms with Gasteiger partial charge in [0.05, 0.1) is 120 Å². The summed E-state index contributed by atoms with van der Waals surface area (Å²) >= 11 is 0. The van der Waals surface area contributed by atoms with Gasteiger partial charge in [0.2, 0.25) is 0 Å².